The number of ether oxygens (including phenoxy) is 1. The summed E-state index contributed by atoms with van der Waals surface area (Å²) in [7, 11) is -3.35. The molecule has 1 heterocycles. The molecule has 2 aromatic carbocycles. The monoisotopic (exact) mass is 361 g/mol. The molecule has 1 aliphatic heterocycles. The molecule has 3 rings (SSSR count). The second kappa shape index (κ2) is 7.06. The average Bonchev–Trinajstić information content (AvgIpc) is 2.95. The highest BCUT2D eigenvalue weighted by molar-refractivity contribution is 7.94. The number of nitrogens with zero attached hydrogens (tertiary/aromatic N) is 1. The Morgan fingerprint density at radius 3 is 2.40 bits per heavy atom. The van der Waals surface area contributed by atoms with E-state index in [-0.39, 0.29) is 12.4 Å². The Labute approximate surface area is 145 Å². The van der Waals surface area contributed by atoms with E-state index in [1.165, 1.54) is 35.2 Å². The first-order valence-corrected chi connectivity index (χ1v) is 9.32. The first kappa shape index (κ1) is 17.2. The number of anilines is 1. The van der Waals surface area contributed by atoms with Crippen LogP contribution in [0, 0.1) is 5.82 Å². The number of amides is 1. The van der Waals surface area contributed by atoms with Crippen molar-refractivity contribution in [3.8, 4) is 5.75 Å². The molecule has 0 radical (unpaired) electrons. The van der Waals surface area contributed by atoms with Crippen molar-refractivity contribution in [3.63, 3.8) is 0 Å². The SMILES string of the molecule is O=C(COc1ccccc1)N(c1ccc(F)cc1)C1C=CS(=O)(=O)C1. The van der Waals surface area contributed by atoms with Gasteiger partial charge in [-0.1, -0.05) is 18.2 Å². The van der Waals surface area contributed by atoms with Crippen LogP contribution in [0.2, 0.25) is 0 Å². The van der Waals surface area contributed by atoms with Crippen molar-refractivity contribution in [1.82, 2.24) is 0 Å². The van der Waals surface area contributed by atoms with Crippen LogP contribution in [0.5, 0.6) is 5.75 Å². The van der Waals surface area contributed by atoms with Crippen molar-refractivity contribution in [1.29, 1.82) is 0 Å². The van der Waals surface area contributed by atoms with Gasteiger partial charge in [0.25, 0.3) is 5.91 Å². The Morgan fingerprint density at radius 1 is 1.12 bits per heavy atom. The van der Waals surface area contributed by atoms with Crippen LogP contribution in [-0.2, 0) is 14.6 Å². The van der Waals surface area contributed by atoms with Crippen molar-refractivity contribution < 1.29 is 22.3 Å². The van der Waals surface area contributed by atoms with Gasteiger partial charge < -0.3 is 9.64 Å². The maximum absolute atomic E-state index is 13.2. The molecule has 0 aliphatic carbocycles. The van der Waals surface area contributed by atoms with E-state index in [2.05, 4.69) is 0 Å². The molecule has 0 fully saturated rings. The number of benzene rings is 2. The molecule has 1 amide bonds. The molecule has 2 aromatic rings. The number of carbonyl (C=O) groups is 1. The fraction of sp³-hybridized carbons (Fsp3) is 0.167. The van der Waals surface area contributed by atoms with E-state index in [9.17, 15) is 17.6 Å². The highest BCUT2D eigenvalue weighted by atomic mass is 32.2. The Hall–Kier alpha value is -2.67. The molecule has 5 nitrogen and oxygen atoms in total. The van der Waals surface area contributed by atoms with Gasteiger partial charge >= 0.3 is 0 Å². The molecule has 1 atom stereocenters. The van der Waals surface area contributed by atoms with Crippen molar-refractivity contribution in [2.24, 2.45) is 0 Å². The van der Waals surface area contributed by atoms with Crippen molar-refractivity contribution >= 4 is 21.4 Å². The Balaban J connectivity index is 1.82. The smallest absolute Gasteiger partial charge is 0.265 e. The molecule has 0 saturated heterocycles. The highest BCUT2D eigenvalue weighted by Crippen LogP contribution is 2.23. The molecule has 0 bridgehead atoms. The molecule has 25 heavy (non-hydrogen) atoms. The first-order valence-electron chi connectivity index (χ1n) is 7.61. The van der Waals surface area contributed by atoms with Crippen LogP contribution in [0.25, 0.3) is 0 Å². The van der Waals surface area contributed by atoms with Gasteiger partial charge in [0.15, 0.2) is 16.4 Å². The van der Waals surface area contributed by atoms with E-state index in [1.54, 1.807) is 24.3 Å². The first-order chi connectivity index (χ1) is 11.9. The van der Waals surface area contributed by atoms with Crippen molar-refractivity contribution in [3.05, 3.63) is 71.9 Å². The molecule has 130 valence electrons. The van der Waals surface area contributed by atoms with Crippen LogP contribution >= 0.6 is 0 Å². The zero-order chi connectivity index (χ0) is 17.9. The van der Waals surface area contributed by atoms with Gasteiger partial charge in [-0.25, -0.2) is 12.8 Å². The van der Waals surface area contributed by atoms with Crippen LogP contribution in [0.1, 0.15) is 0 Å². The number of para-hydroxylation sites is 1. The lowest BCUT2D eigenvalue weighted by atomic mass is 10.2. The Morgan fingerprint density at radius 2 is 1.80 bits per heavy atom. The minimum atomic E-state index is -3.35. The fourth-order valence-electron chi connectivity index (χ4n) is 2.57. The van der Waals surface area contributed by atoms with E-state index in [1.807, 2.05) is 6.07 Å². The minimum absolute atomic E-state index is 0.207. The van der Waals surface area contributed by atoms with Crippen molar-refractivity contribution in [2.45, 2.75) is 6.04 Å². The summed E-state index contributed by atoms with van der Waals surface area (Å²) in [5, 5.41) is 1.10. The van der Waals surface area contributed by atoms with Crippen molar-refractivity contribution in [2.75, 3.05) is 17.3 Å². The third-order valence-electron chi connectivity index (χ3n) is 3.72. The quantitative estimate of drug-likeness (QED) is 0.821. The molecule has 0 aromatic heterocycles. The maximum atomic E-state index is 13.2. The highest BCUT2D eigenvalue weighted by Gasteiger charge is 2.31. The second-order valence-corrected chi connectivity index (χ2v) is 7.50. The lowest BCUT2D eigenvalue weighted by Gasteiger charge is -2.27. The number of hydrogen-bond acceptors (Lipinski definition) is 4. The predicted molar refractivity (Wildman–Crippen MR) is 92.5 cm³/mol. The molecular weight excluding hydrogens is 345 g/mol. The van der Waals surface area contributed by atoms with Crippen LogP contribution < -0.4 is 9.64 Å². The summed E-state index contributed by atoms with van der Waals surface area (Å²) in [5.74, 6) is -0.528. The number of rotatable bonds is 5. The van der Waals surface area contributed by atoms with Gasteiger partial charge in [0, 0.05) is 11.1 Å². The summed E-state index contributed by atoms with van der Waals surface area (Å²) in [6.45, 7) is -0.258. The van der Waals surface area contributed by atoms with E-state index >= 15 is 0 Å². The largest absolute Gasteiger partial charge is 0.484 e. The molecule has 0 saturated carbocycles. The average molecular weight is 361 g/mol. The summed E-state index contributed by atoms with van der Waals surface area (Å²) >= 11 is 0. The normalized spacial score (nSPS) is 18.0. The zero-order valence-corrected chi connectivity index (χ0v) is 14.0. The summed E-state index contributed by atoms with van der Waals surface area (Å²) < 4.78 is 42.1. The number of sulfone groups is 1. The van der Waals surface area contributed by atoms with Crippen LogP contribution in [0.4, 0.5) is 10.1 Å². The summed E-state index contributed by atoms with van der Waals surface area (Å²) in [5.41, 5.74) is 0.412. The van der Waals surface area contributed by atoms with Gasteiger partial charge in [0.05, 0.1) is 11.8 Å². The third-order valence-corrected chi connectivity index (χ3v) is 5.10. The van der Waals surface area contributed by atoms with Gasteiger partial charge in [-0.15, -0.1) is 0 Å². The van der Waals surface area contributed by atoms with Gasteiger partial charge in [0.2, 0.25) is 0 Å². The Bertz CT molecular complexity index is 879. The minimum Gasteiger partial charge on any atom is -0.484 e. The summed E-state index contributed by atoms with van der Waals surface area (Å²) in [6.07, 6.45) is 1.46. The molecular formula is C18H16FNO4S. The van der Waals surface area contributed by atoms with Gasteiger partial charge in [-0.3, -0.25) is 4.79 Å². The number of carbonyl (C=O) groups excluding carboxylic acids is 1. The lowest BCUT2D eigenvalue weighted by molar-refractivity contribution is -0.120. The lowest BCUT2D eigenvalue weighted by Crippen LogP contribution is -2.43. The van der Waals surface area contributed by atoms with Crippen LogP contribution in [0.3, 0.4) is 0 Å². The van der Waals surface area contributed by atoms with Crippen LogP contribution in [-0.4, -0.2) is 32.7 Å². The molecule has 1 aliphatic rings. The molecule has 0 spiro atoms. The van der Waals surface area contributed by atoms with E-state index < -0.39 is 27.6 Å². The standard InChI is InChI=1S/C18H16FNO4S/c19-14-6-8-15(9-7-14)20(16-10-11-25(22,23)13-16)18(21)12-24-17-4-2-1-3-5-17/h1-11,16H,12-13H2. The summed E-state index contributed by atoms with van der Waals surface area (Å²) in [4.78, 5) is 14.0. The molecule has 0 N–H and O–H groups in total. The molecule has 7 heteroatoms. The van der Waals surface area contributed by atoms with E-state index in [4.69, 9.17) is 4.74 Å². The second-order valence-electron chi connectivity index (χ2n) is 5.57. The van der Waals surface area contributed by atoms with Gasteiger partial charge in [0.1, 0.15) is 11.6 Å². The number of hydrogen-bond donors (Lipinski definition) is 0. The molecule has 1 unspecified atom stereocenters. The van der Waals surface area contributed by atoms with Gasteiger partial charge in [-0.2, -0.15) is 0 Å². The van der Waals surface area contributed by atoms with E-state index in [0.29, 0.717) is 11.4 Å². The fourth-order valence-corrected chi connectivity index (χ4v) is 3.84. The Kier molecular flexibility index (Phi) is 4.85. The number of halogens is 1. The van der Waals surface area contributed by atoms with Gasteiger partial charge in [-0.05, 0) is 42.5 Å². The maximum Gasteiger partial charge on any atom is 0.265 e. The van der Waals surface area contributed by atoms with Crippen LogP contribution in [0.15, 0.2) is 66.1 Å². The zero-order valence-electron chi connectivity index (χ0n) is 13.2. The third kappa shape index (κ3) is 4.24. The van der Waals surface area contributed by atoms with E-state index in [0.717, 1.165) is 5.41 Å². The topological polar surface area (TPSA) is 63.7 Å². The summed E-state index contributed by atoms with van der Waals surface area (Å²) in [6, 6.07) is 13.5. The predicted octanol–water partition coefficient (Wildman–Crippen LogP) is 2.55.